The van der Waals surface area contributed by atoms with Gasteiger partial charge < -0.3 is 0 Å². The van der Waals surface area contributed by atoms with Crippen LogP contribution >= 0.6 is 12.6 Å². The van der Waals surface area contributed by atoms with Gasteiger partial charge in [0.15, 0.2) is 10.9 Å². The highest BCUT2D eigenvalue weighted by atomic mass is 32.1. The summed E-state index contributed by atoms with van der Waals surface area (Å²) in [5.74, 6) is 2.61. The molecule has 3 saturated carbocycles. The van der Waals surface area contributed by atoms with E-state index in [-0.39, 0.29) is 27.6 Å². The molecule has 0 bridgehead atoms. The van der Waals surface area contributed by atoms with E-state index in [9.17, 15) is 9.59 Å². The molecule has 0 aromatic carbocycles. The average molecular weight is 345 g/mol. The third-order valence-electron chi connectivity index (χ3n) is 8.17. The molecule has 0 N–H and O–H groups in total. The van der Waals surface area contributed by atoms with Gasteiger partial charge in [-0.15, -0.1) is 12.6 Å². The fourth-order valence-corrected chi connectivity index (χ4v) is 7.64. The van der Waals surface area contributed by atoms with Gasteiger partial charge in [0, 0.05) is 11.3 Å². The molecule has 4 aliphatic rings. The van der Waals surface area contributed by atoms with Crippen molar-refractivity contribution in [3.63, 3.8) is 0 Å². The predicted octanol–water partition coefficient (Wildman–Crippen LogP) is 4.61. The van der Waals surface area contributed by atoms with Gasteiger partial charge in [-0.3, -0.25) is 9.59 Å². The van der Waals surface area contributed by atoms with E-state index in [1.54, 1.807) is 6.08 Å². The number of carbonyl (C=O) groups excluding carboxylic acids is 2. The molecule has 0 amide bonds. The van der Waals surface area contributed by atoms with Crippen LogP contribution in [0.3, 0.4) is 0 Å². The molecule has 0 aromatic heterocycles. The van der Waals surface area contributed by atoms with Crippen LogP contribution in [0.25, 0.3) is 0 Å². The molecule has 0 heterocycles. The fraction of sp³-hybridized carbons (Fsp3) is 0.714. The van der Waals surface area contributed by atoms with Crippen LogP contribution in [0.15, 0.2) is 23.8 Å². The van der Waals surface area contributed by atoms with E-state index in [1.807, 2.05) is 6.08 Å². The number of carbonyl (C=O) groups is 2. The van der Waals surface area contributed by atoms with Crippen LogP contribution in [0.2, 0.25) is 0 Å². The largest absolute Gasteiger partial charge is 0.290 e. The maximum Gasteiger partial charge on any atom is 0.189 e. The first-order chi connectivity index (χ1) is 11.3. The van der Waals surface area contributed by atoms with Gasteiger partial charge in [0.2, 0.25) is 0 Å². The molecule has 2 unspecified atom stereocenters. The lowest BCUT2D eigenvalue weighted by Crippen LogP contribution is -2.50. The zero-order chi connectivity index (χ0) is 17.3. The Morgan fingerprint density at radius 3 is 2.71 bits per heavy atom. The average Bonchev–Trinajstić information content (AvgIpc) is 2.78. The first kappa shape index (κ1) is 16.6. The molecule has 0 saturated heterocycles. The minimum absolute atomic E-state index is 0.0461. The fourth-order valence-electron chi connectivity index (χ4n) is 7.09. The van der Waals surface area contributed by atoms with E-state index in [1.165, 1.54) is 12.0 Å². The van der Waals surface area contributed by atoms with Crippen molar-refractivity contribution in [2.24, 2.45) is 40.4 Å². The zero-order valence-electron chi connectivity index (χ0n) is 14.9. The van der Waals surface area contributed by atoms with Gasteiger partial charge >= 0.3 is 0 Å². The lowest BCUT2D eigenvalue weighted by molar-refractivity contribution is -0.121. The highest BCUT2D eigenvalue weighted by molar-refractivity contribution is 7.96. The Morgan fingerprint density at radius 1 is 1.25 bits per heavy atom. The van der Waals surface area contributed by atoms with Crippen LogP contribution in [0.5, 0.6) is 0 Å². The van der Waals surface area contributed by atoms with Gasteiger partial charge in [-0.2, -0.15) is 0 Å². The third kappa shape index (κ3) is 2.09. The number of rotatable bonds is 1. The summed E-state index contributed by atoms with van der Waals surface area (Å²) in [6, 6.07) is 0. The second kappa shape index (κ2) is 5.33. The molecule has 2 nitrogen and oxygen atoms in total. The minimum Gasteiger partial charge on any atom is -0.290 e. The lowest BCUT2D eigenvalue weighted by atomic mass is 9.48. The summed E-state index contributed by atoms with van der Waals surface area (Å²) in [6.45, 7) is 6.93. The Labute approximate surface area is 150 Å². The van der Waals surface area contributed by atoms with Crippen molar-refractivity contribution in [1.29, 1.82) is 0 Å². The maximum absolute atomic E-state index is 12.2. The summed E-state index contributed by atoms with van der Waals surface area (Å²) in [7, 11) is 0. The van der Waals surface area contributed by atoms with Crippen LogP contribution in [0, 0.1) is 40.4 Å². The van der Waals surface area contributed by atoms with Crippen molar-refractivity contribution in [2.45, 2.75) is 52.9 Å². The zero-order valence-corrected chi connectivity index (χ0v) is 15.8. The van der Waals surface area contributed by atoms with E-state index in [2.05, 4.69) is 39.5 Å². The van der Waals surface area contributed by atoms with Gasteiger partial charge in [0.05, 0.1) is 0 Å². The molecule has 0 aliphatic heterocycles. The van der Waals surface area contributed by atoms with Crippen LogP contribution < -0.4 is 0 Å². The van der Waals surface area contributed by atoms with Gasteiger partial charge in [-0.25, -0.2) is 0 Å². The molecule has 0 aromatic rings. The van der Waals surface area contributed by atoms with Crippen molar-refractivity contribution >= 4 is 23.5 Å². The molecule has 0 spiro atoms. The summed E-state index contributed by atoms with van der Waals surface area (Å²) in [4.78, 5) is 24.0. The van der Waals surface area contributed by atoms with Crippen molar-refractivity contribution in [3.8, 4) is 0 Å². The van der Waals surface area contributed by atoms with Crippen molar-refractivity contribution in [1.82, 2.24) is 0 Å². The Hall–Kier alpha value is -0.830. The summed E-state index contributed by atoms with van der Waals surface area (Å²) < 4.78 is 0. The second-order valence-electron chi connectivity index (χ2n) is 9.18. The van der Waals surface area contributed by atoms with Gasteiger partial charge in [-0.05, 0) is 73.3 Å². The van der Waals surface area contributed by atoms with E-state index in [0.29, 0.717) is 23.7 Å². The van der Waals surface area contributed by atoms with Crippen LogP contribution in [-0.2, 0) is 9.59 Å². The molecule has 3 fully saturated rings. The Bertz CT molecular complexity index is 663. The summed E-state index contributed by atoms with van der Waals surface area (Å²) in [6.07, 6.45) is 11.5. The molecule has 3 heteroatoms. The summed E-state index contributed by atoms with van der Waals surface area (Å²) >= 11 is 4.25. The van der Waals surface area contributed by atoms with Crippen molar-refractivity contribution < 1.29 is 9.59 Å². The van der Waals surface area contributed by atoms with Crippen LogP contribution in [0.1, 0.15) is 52.9 Å². The van der Waals surface area contributed by atoms with Gasteiger partial charge in [-0.1, -0.05) is 32.4 Å². The Morgan fingerprint density at radius 2 is 2.00 bits per heavy atom. The first-order valence-electron chi connectivity index (χ1n) is 9.44. The topological polar surface area (TPSA) is 34.1 Å². The molecular formula is C21H28O2S. The molecule has 7 atom stereocenters. The van der Waals surface area contributed by atoms with Crippen LogP contribution in [0.4, 0.5) is 0 Å². The van der Waals surface area contributed by atoms with Gasteiger partial charge in [0.1, 0.15) is 0 Å². The molecule has 4 aliphatic carbocycles. The number of thiol groups is 1. The quantitative estimate of drug-likeness (QED) is 0.705. The SMILES string of the molecule is CC1C[C@H]2[C@@H]3CCC4=CC(=O)C=C[C@]4(C)[C@H]3CC[C@]2(C)C1C(=O)S. The normalized spacial score (nSPS) is 49.9. The Balaban J connectivity index is 1.70. The standard InChI is InChI=1S/C21H28O2S/c1-12-10-17-15-5-4-13-11-14(22)6-8-20(13,2)16(15)7-9-21(17,3)18(12)19(23)24/h6,8,11-12,15-18H,4-5,7,9-10H2,1-3H3,(H,23,24)/t12?,15-,16+,17+,18?,20+,21+/m1/s1. The van der Waals surface area contributed by atoms with Crippen molar-refractivity contribution in [2.75, 3.05) is 0 Å². The van der Waals surface area contributed by atoms with Gasteiger partial charge in [0.25, 0.3) is 0 Å². The third-order valence-corrected chi connectivity index (χ3v) is 8.44. The molecular weight excluding hydrogens is 316 g/mol. The number of hydrogen-bond donors (Lipinski definition) is 1. The smallest absolute Gasteiger partial charge is 0.189 e. The molecule has 4 rings (SSSR count). The van der Waals surface area contributed by atoms with E-state index >= 15 is 0 Å². The molecule has 24 heavy (non-hydrogen) atoms. The first-order valence-corrected chi connectivity index (χ1v) is 9.89. The second-order valence-corrected chi connectivity index (χ2v) is 9.62. The number of fused-ring (bicyclic) bond motifs is 5. The highest BCUT2D eigenvalue weighted by Gasteiger charge is 2.61. The van der Waals surface area contributed by atoms with Crippen molar-refractivity contribution in [3.05, 3.63) is 23.8 Å². The van der Waals surface area contributed by atoms with E-state index < -0.39 is 0 Å². The van der Waals surface area contributed by atoms with E-state index in [4.69, 9.17) is 0 Å². The molecule has 0 radical (unpaired) electrons. The lowest BCUT2D eigenvalue weighted by Gasteiger charge is -2.56. The highest BCUT2D eigenvalue weighted by Crippen LogP contribution is 2.67. The molecule has 130 valence electrons. The minimum atomic E-state index is 0.0461. The number of hydrogen-bond acceptors (Lipinski definition) is 2. The summed E-state index contributed by atoms with van der Waals surface area (Å²) in [5.41, 5.74) is 1.50. The van der Waals surface area contributed by atoms with E-state index in [0.717, 1.165) is 25.7 Å². The number of ketones is 1. The monoisotopic (exact) mass is 344 g/mol. The maximum atomic E-state index is 12.2. The predicted molar refractivity (Wildman–Crippen MR) is 98.6 cm³/mol. The van der Waals surface area contributed by atoms with Crippen LogP contribution in [-0.4, -0.2) is 10.9 Å². The Kier molecular flexibility index (Phi) is 3.69. The summed E-state index contributed by atoms with van der Waals surface area (Å²) in [5, 5.41) is 0.0942. The number of allylic oxidation sites excluding steroid dienone is 4.